The van der Waals surface area contributed by atoms with Crippen molar-refractivity contribution < 1.29 is 9.53 Å². The molecule has 90 valence electrons. The van der Waals surface area contributed by atoms with Crippen LogP contribution in [0.15, 0.2) is 6.20 Å². The number of ether oxygens (including phenoxy) is 1. The molecule has 0 aliphatic rings. The van der Waals surface area contributed by atoms with Gasteiger partial charge in [0.2, 0.25) is 0 Å². The molecule has 0 spiro atoms. The molecule has 0 aromatic carbocycles. The Morgan fingerprint density at radius 1 is 1.75 bits per heavy atom. The van der Waals surface area contributed by atoms with Gasteiger partial charge in [-0.05, 0) is 20.3 Å². The minimum atomic E-state index is -0.999. The van der Waals surface area contributed by atoms with Crippen LogP contribution in [0.4, 0.5) is 0 Å². The van der Waals surface area contributed by atoms with E-state index < -0.39 is 11.5 Å². The summed E-state index contributed by atoms with van der Waals surface area (Å²) in [7, 11) is 1.32. The van der Waals surface area contributed by atoms with Crippen LogP contribution < -0.4 is 5.73 Å². The lowest BCUT2D eigenvalue weighted by molar-refractivity contribution is -0.146. The van der Waals surface area contributed by atoms with E-state index in [1.54, 1.807) is 17.8 Å². The van der Waals surface area contributed by atoms with Crippen LogP contribution in [0, 0.1) is 6.92 Å². The molecule has 1 rings (SSSR count). The van der Waals surface area contributed by atoms with Crippen LogP contribution in [0.25, 0.3) is 0 Å². The van der Waals surface area contributed by atoms with Crippen molar-refractivity contribution in [3.05, 3.63) is 16.9 Å². The highest BCUT2D eigenvalue weighted by atomic mass is 35.5. The maximum Gasteiger partial charge on any atom is 0.325 e. The number of nitrogens with zero attached hydrogens (tertiary/aromatic N) is 2. The van der Waals surface area contributed by atoms with Crippen molar-refractivity contribution in [2.24, 2.45) is 5.73 Å². The van der Waals surface area contributed by atoms with Crippen molar-refractivity contribution in [2.45, 2.75) is 32.4 Å². The van der Waals surface area contributed by atoms with E-state index in [-0.39, 0.29) is 0 Å². The molecule has 0 aliphatic carbocycles. The molecule has 1 unspecified atom stereocenters. The molecule has 1 atom stereocenters. The van der Waals surface area contributed by atoms with Gasteiger partial charge in [0.25, 0.3) is 0 Å². The number of esters is 1. The largest absolute Gasteiger partial charge is 0.468 e. The van der Waals surface area contributed by atoms with Gasteiger partial charge in [0.05, 0.1) is 17.8 Å². The Bertz CT molecular complexity index is 368. The van der Waals surface area contributed by atoms with E-state index >= 15 is 0 Å². The van der Waals surface area contributed by atoms with Crippen LogP contribution in [0.2, 0.25) is 5.02 Å². The number of carbonyl (C=O) groups excluding carboxylic acids is 1. The number of hydrogen-bond acceptors (Lipinski definition) is 4. The predicted octanol–water partition coefficient (Wildman–Crippen LogP) is 1.13. The van der Waals surface area contributed by atoms with E-state index in [2.05, 4.69) is 9.84 Å². The minimum absolute atomic E-state index is 0.428. The van der Waals surface area contributed by atoms with Gasteiger partial charge >= 0.3 is 5.97 Å². The number of aryl methyl sites for hydroxylation is 2. The van der Waals surface area contributed by atoms with Gasteiger partial charge in [-0.2, -0.15) is 5.10 Å². The SMILES string of the molecule is COC(=O)C(C)(N)CCn1cc(Cl)c(C)n1. The number of halogens is 1. The standard InChI is InChI=1S/C10H16ClN3O2/c1-7-8(11)6-14(13-7)5-4-10(2,12)9(15)16-3/h6H,4-5,12H2,1-3H3. The number of rotatable bonds is 4. The Morgan fingerprint density at radius 3 is 2.81 bits per heavy atom. The van der Waals surface area contributed by atoms with Crippen molar-refractivity contribution >= 4 is 17.6 Å². The lowest BCUT2D eigenvalue weighted by atomic mass is 10.00. The lowest BCUT2D eigenvalue weighted by Gasteiger charge is -2.20. The number of methoxy groups -OCH3 is 1. The van der Waals surface area contributed by atoms with Crippen molar-refractivity contribution in [2.75, 3.05) is 7.11 Å². The summed E-state index contributed by atoms with van der Waals surface area (Å²) in [5.74, 6) is -0.428. The fourth-order valence-electron chi connectivity index (χ4n) is 1.29. The van der Waals surface area contributed by atoms with E-state index in [0.717, 1.165) is 5.69 Å². The van der Waals surface area contributed by atoms with Gasteiger partial charge in [-0.25, -0.2) is 0 Å². The number of hydrogen-bond donors (Lipinski definition) is 1. The molecular formula is C10H16ClN3O2. The third-order valence-electron chi connectivity index (χ3n) is 2.40. The van der Waals surface area contributed by atoms with E-state index in [4.69, 9.17) is 17.3 Å². The monoisotopic (exact) mass is 245 g/mol. The van der Waals surface area contributed by atoms with Gasteiger partial charge in [-0.1, -0.05) is 11.6 Å². The molecule has 0 radical (unpaired) electrons. The Hall–Kier alpha value is -1.07. The van der Waals surface area contributed by atoms with Crippen molar-refractivity contribution in [1.29, 1.82) is 0 Å². The number of aromatic nitrogens is 2. The smallest absolute Gasteiger partial charge is 0.325 e. The van der Waals surface area contributed by atoms with Gasteiger partial charge in [0.15, 0.2) is 0 Å². The summed E-state index contributed by atoms with van der Waals surface area (Å²) in [6.07, 6.45) is 2.15. The Balaban J connectivity index is 2.60. The third kappa shape index (κ3) is 2.96. The normalized spacial score (nSPS) is 14.6. The van der Waals surface area contributed by atoms with Crippen LogP contribution in [0.5, 0.6) is 0 Å². The van der Waals surface area contributed by atoms with E-state index in [9.17, 15) is 4.79 Å². The second-order valence-electron chi connectivity index (χ2n) is 3.98. The van der Waals surface area contributed by atoms with E-state index in [1.807, 2.05) is 6.92 Å². The van der Waals surface area contributed by atoms with Gasteiger partial charge in [-0.3, -0.25) is 9.48 Å². The molecule has 16 heavy (non-hydrogen) atoms. The highest BCUT2D eigenvalue weighted by Gasteiger charge is 2.29. The van der Waals surface area contributed by atoms with Gasteiger partial charge in [0, 0.05) is 12.7 Å². The minimum Gasteiger partial charge on any atom is -0.468 e. The highest BCUT2D eigenvalue weighted by molar-refractivity contribution is 6.31. The molecule has 5 nitrogen and oxygen atoms in total. The second-order valence-corrected chi connectivity index (χ2v) is 4.39. The first-order valence-corrected chi connectivity index (χ1v) is 5.31. The Kier molecular flexibility index (Phi) is 3.93. The maximum atomic E-state index is 11.3. The van der Waals surface area contributed by atoms with E-state index in [0.29, 0.717) is 18.0 Å². The van der Waals surface area contributed by atoms with Crippen LogP contribution in [-0.4, -0.2) is 28.4 Å². The molecular weight excluding hydrogens is 230 g/mol. The van der Waals surface area contributed by atoms with Crippen LogP contribution in [0.1, 0.15) is 19.0 Å². The Labute approximate surface area is 99.5 Å². The first kappa shape index (κ1) is 13.0. The van der Waals surface area contributed by atoms with Gasteiger partial charge in [0.1, 0.15) is 5.54 Å². The maximum absolute atomic E-state index is 11.3. The van der Waals surface area contributed by atoms with Crippen LogP contribution >= 0.6 is 11.6 Å². The second kappa shape index (κ2) is 4.84. The summed E-state index contributed by atoms with van der Waals surface area (Å²) in [6, 6.07) is 0. The zero-order valence-electron chi connectivity index (χ0n) is 9.66. The molecule has 0 saturated heterocycles. The highest BCUT2D eigenvalue weighted by Crippen LogP contribution is 2.14. The van der Waals surface area contributed by atoms with Crippen molar-refractivity contribution in [3.63, 3.8) is 0 Å². The van der Waals surface area contributed by atoms with Crippen LogP contribution in [0.3, 0.4) is 0 Å². The molecule has 0 aliphatic heterocycles. The fraction of sp³-hybridized carbons (Fsp3) is 0.600. The summed E-state index contributed by atoms with van der Waals surface area (Å²) in [5.41, 5.74) is 5.58. The molecule has 1 aromatic rings. The molecule has 1 heterocycles. The molecule has 0 fully saturated rings. The first-order valence-electron chi connectivity index (χ1n) is 4.93. The Morgan fingerprint density at radius 2 is 2.38 bits per heavy atom. The van der Waals surface area contributed by atoms with Crippen LogP contribution in [-0.2, 0) is 16.1 Å². The summed E-state index contributed by atoms with van der Waals surface area (Å²) < 4.78 is 6.29. The van der Waals surface area contributed by atoms with Crippen molar-refractivity contribution in [3.8, 4) is 0 Å². The lowest BCUT2D eigenvalue weighted by Crippen LogP contribution is -2.46. The van der Waals surface area contributed by atoms with E-state index in [1.165, 1.54) is 7.11 Å². The topological polar surface area (TPSA) is 70.1 Å². The quantitative estimate of drug-likeness (QED) is 0.808. The molecule has 0 saturated carbocycles. The summed E-state index contributed by atoms with van der Waals surface area (Å²) >= 11 is 5.86. The zero-order chi connectivity index (χ0) is 12.3. The summed E-state index contributed by atoms with van der Waals surface area (Å²) in [5, 5.41) is 4.78. The zero-order valence-corrected chi connectivity index (χ0v) is 10.4. The van der Waals surface area contributed by atoms with Gasteiger partial charge < -0.3 is 10.5 Å². The average molecular weight is 246 g/mol. The number of carbonyl (C=O) groups is 1. The molecule has 0 amide bonds. The summed E-state index contributed by atoms with van der Waals surface area (Å²) in [6.45, 7) is 3.98. The average Bonchev–Trinajstić information content (AvgIpc) is 2.54. The fourth-order valence-corrected chi connectivity index (χ4v) is 1.44. The summed E-state index contributed by atoms with van der Waals surface area (Å²) in [4.78, 5) is 11.3. The molecule has 6 heteroatoms. The molecule has 1 aromatic heterocycles. The van der Waals surface area contributed by atoms with Crippen molar-refractivity contribution in [1.82, 2.24) is 9.78 Å². The third-order valence-corrected chi connectivity index (χ3v) is 2.77. The predicted molar refractivity (Wildman–Crippen MR) is 61.2 cm³/mol. The first-order chi connectivity index (χ1) is 7.36. The number of nitrogens with two attached hydrogens (primary N) is 1. The molecule has 2 N–H and O–H groups in total. The van der Waals surface area contributed by atoms with Gasteiger partial charge in [-0.15, -0.1) is 0 Å². The molecule has 0 bridgehead atoms.